The Bertz CT molecular complexity index is 581. The molecule has 2 aromatic rings. The second-order valence-corrected chi connectivity index (χ2v) is 6.07. The van der Waals surface area contributed by atoms with Gasteiger partial charge in [0.15, 0.2) is 0 Å². The van der Waals surface area contributed by atoms with Gasteiger partial charge in [0, 0.05) is 16.6 Å². The molecule has 0 spiro atoms. The molecular weight excluding hydrogens is 334 g/mol. The first-order valence-corrected chi connectivity index (χ1v) is 7.83. The van der Waals surface area contributed by atoms with E-state index in [1.165, 1.54) is 0 Å². The number of morpholine rings is 1. The molecule has 1 N–H and O–H groups in total. The minimum Gasteiger partial charge on any atom is -0.460 e. The normalized spacial score (nSPS) is 19.8. The van der Waals surface area contributed by atoms with E-state index in [0.29, 0.717) is 19.8 Å². The van der Waals surface area contributed by atoms with Crippen LogP contribution in [0.4, 0.5) is 0 Å². The molecule has 0 saturated carbocycles. The van der Waals surface area contributed by atoms with Crippen molar-refractivity contribution in [3.8, 4) is 11.3 Å². The van der Waals surface area contributed by atoms with Crippen LogP contribution in [-0.4, -0.2) is 42.4 Å². The lowest BCUT2D eigenvalue weighted by Crippen LogP contribution is -2.46. The van der Waals surface area contributed by atoms with Gasteiger partial charge in [0.25, 0.3) is 0 Å². The summed E-state index contributed by atoms with van der Waals surface area (Å²) in [5.41, 5.74) is 1.06. The lowest BCUT2D eigenvalue weighted by Gasteiger charge is -2.33. The second-order valence-electron chi connectivity index (χ2n) is 5.15. The first kappa shape index (κ1) is 14.8. The maximum Gasteiger partial charge on any atom is 0.134 e. The van der Waals surface area contributed by atoms with Crippen LogP contribution in [0.1, 0.15) is 5.76 Å². The van der Waals surface area contributed by atoms with Gasteiger partial charge < -0.3 is 14.3 Å². The number of rotatable bonds is 4. The Morgan fingerprint density at radius 3 is 2.76 bits per heavy atom. The van der Waals surface area contributed by atoms with E-state index in [0.717, 1.165) is 28.1 Å². The monoisotopic (exact) mass is 351 g/mol. The van der Waals surface area contributed by atoms with Crippen LogP contribution in [0.5, 0.6) is 0 Å². The standard InChI is InChI=1S/C16H18BrNO3/c17-13-3-1-12(2-4-13)16-6-5-15(21-16)9-18-7-8-20-11-14(18)10-19/h1-6,14,19H,7-11H2. The Hall–Kier alpha value is -1.14. The maximum atomic E-state index is 9.39. The molecule has 1 saturated heterocycles. The fourth-order valence-corrected chi connectivity index (χ4v) is 2.76. The van der Waals surface area contributed by atoms with E-state index < -0.39 is 0 Å². The molecule has 0 radical (unpaired) electrons. The van der Waals surface area contributed by atoms with Crippen molar-refractivity contribution >= 4 is 15.9 Å². The topological polar surface area (TPSA) is 45.8 Å². The zero-order valence-electron chi connectivity index (χ0n) is 11.7. The van der Waals surface area contributed by atoms with E-state index in [1.54, 1.807) is 0 Å². The molecule has 1 aromatic heterocycles. The average Bonchev–Trinajstić information content (AvgIpc) is 2.97. The first-order valence-electron chi connectivity index (χ1n) is 7.03. The molecule has 5 heteroatoms. The Balaban J connectivity index is 1.71. The van der Waals surface area contributed by atoms with Crippen LogP contribution in [0.3, 0.4) is 0 Å². The maximum absolute atomic E-state index is 9.39. The number of ether oxygens (including phenoxy) is 1. The molecule has 1 aliphatic heterocycles. The molecule has 3 rings (SSSR count). The molecule has 1 fully saturated rings. The molecule has 4 nitrogen and oxygen atoms in total. The highest BCUT2D eigenvalue weighted by Crippen LogP contribution is 2.25. The minimum absolute atomic E-state index is 0.0555. The van der Waals surface area contributed by atoms with Crippen LogP contribution in [0, 0.1) is 0 Å². The van der Waals surface area contributed by atoms with E-state index in [4.69, 9.17) is 9.15 Å². The Morgan fingerprint density at radius 1 is 1.19 bits per heavy atom. The van der Waals surface area contributed by atoms with E-state index >= 15 is 0 Å². The highest BCUT2D eigenvalue weighted by Gasteiger charge is 2.23. The SMILES string of the molecule is OCC1COCCN1Cc1ccc(-c2ccc(Br)cc2)o1. The minimum atomic E-state index is 0.0555. The summed E-state index contributed by atoms with van der Waals surface area (Å²) in [6, 6.07) is 12.1. The fourth-order valence-electron chi connectivity index (χ4n) is 2.50. The van der Waals surface area contributed by atoms with Crippen molar-refractivity contribution in [1.29, 1.82) is 0 Å². The number of aliphatic hydroxyl groups is 1. The fraction of sp³-hybridized carbons (Fsp3) is 0.375. The van der Waals surface area contributed by atoms with Gasteiger partial charge in [0.2, 0.25) is 0 Å². The van der Waals surface area contributed by atoms with Crippen LogP contribution in [0.25, 0.3) is 11.3 Å². The molecule has 0 bridgehead atoms. The number of halogens is 1. The summed E-state index contributed by atoms with van der Waals surface area (Å²) >= 11 is 3.43. The summed E-state index contributed by atoms with van der Waals surface area (Å²) in [4.78, 5) is 2.20. The van der Waals surface area contributed by atoms with E-state index in [-0.39, 0.29) is 12.6 Å². The quantitative estimate of drug-likeness (QED) is 0.919. The van der Waals surface area contributed by atoms with Gasteiger partial charge in [-0.15, -0.1) is 0 Å². The largest absolute Gasteiger partial charge is 0.460 e. The molecule has 2 heterocycles. The summed E-state index contributed by atoms with van der Waals surface area (Å²) in [5.74, 6) is 1.78. The van der Waals surface area contributed by atoms with Gasteiger partial charge in [-0.1, -0.05) is 28.1 Å². The van der Waals surface area contributed by atoms with Crippen molar-refractivity contribution in [3.05, 3.63) is 46.6 Å². The number of hydrogen-bond acceptors (Lipinski definition) is 4. The van der Waals surface area contributed by atoms with Crippen LogP contribution in [0.2, 0.25) is 0 Å². The van der Waals surface area contributed by atoms with Crippen molar-refractivity contribution in [3.63, 3.8) is 0 Å². The number of nitrogens with zero attached hydrogens (tertiary/aromatic N) is 1. The van der Waals surface area contributed by atoms with Crippen molar-refractivity contribution in [2.75, 3.05) is 26.4 Å². The lowest BCUT2D eigenvalue weighted by molar-refractivity contribution is -0.0335. The van der Waals surface area contributed by atoms with Gasteiger partial charge in [-0.2, -0.15) is 0 Å². The van der Waals surface area contributed by atoms with Gasteiger partial charge in [-0.05, 0) is 24.3 Å². The summed E-state index contributed by atoms with van der Waals surface area (Å²) in [6.07, 6.45) is 0. The summed E-state index contributed by atoms with van der Waals surface area (Å²) in [6.45, 7) is 2.92. The van der Waals surface area contributed by atoms with Crippen molar-refractivity contribution in [2.24, 2.45) is 0 Å². The van der Waals surface area contributed by atoms with Crippen molar-refractivity contribution < 1.29 is 14.3 Å². The summed E-state index contributed by atoms with van der Waals surface area (Å²) < 4.78 is 12.4. The van der Waals surface area contributed by atoms with E-state index in [9.17, 15) is 5.11 Å². The molecule has 0 aliphatic carbocycles. The molecule has 112 valence electrons. The highest BCUT2D eigenvalue weighted by molar-refractivity contribution is 9.10. The van der Waals surface area contributed by atoms with E-state index in [2.05, 4.69) is 20.8 Å². The molecule has 1 atom stereocenters. The number of aliphatic hydroxyl groups excluding tert-OH is 1. The van der Waals surface area contributed by atoms with Crippen molar-refractivity contribution in [1.82, 2.24) is 4.90 Å². The van der Waals surface area contributed by atoms with Gasteiger partial charge >= 0.3 is 0 Å². The first-order chi connectivity index (χ1) is 10.3. The lowest BCUT2D eigenvalue weighted by atomic mass is 10.2. The summed E-state index contributed by atoms with van der Waals surface area (Å²) in [7, 11) is 0. The van der Waals surface area contributed by atoms with Gasteiger partial charge in [0.05, 0.1) is 32.4 Å². The molecule has 0 amide bonds. The molecular formula is C16H18BrNO3. The van der Waals surface area contributed by atoms with Gasteiger partial charge in [0.1, 0.15) is 11.5 Å². The number of furan rings is 1. The Kier molecular flexibility index (Phi) is 4.75. The molecule has 1 unspecified atom stereocenters. The summed E-state index contributed by atoms with van der Waals surface area (Å²) in [5, 5.41) is 9.39. The predicted octanol–water partition coefficient (Wildman–Crippen LogP) is 2.90. The zero-order valence-corrected chi connectivity index (χ0v) is 13.3. The smallest absolute Gasteiger partial charge is 0.134 e. The number of hydrogen-bond donors (Lipinski definition) is 1. The van der Waals surface area contributed by atoms with Gasteiger partial charge in [-0.3, -0.25) is 4.90 Å². The van der Waals surface area contributed by atoms with Crippen LogP contribution in [-0.2, 0) is 11.3 Å². The number of benzene rings is 1. The Labute approximate surface area is 132 Å². The third kappa shape index (κ3) is 3.55. The van der Waals surface area contributed by atoms with Crippen LogP contribution >= 0.6 is 15.9 Å². The van der Waals surface area contributed by atoms with Crippen LogP contribution in [0.15, 0.2) is 45.3 Å². The Morgan fingerprint density at radius 2 is 2.00 bits per heavy atom. The zero-order chi connectivity index (χ0) is 14.7. The third-order valence-corrected chi connectivity index (χ3v) is 4.24. The molecule has 21 heavy (non-hydrogen) atoms. The molecule has 1 aromatic carbocycles. The highest BCUT2D eigenvalue weighted by atomic mass is 79.9. The second kappa shape index (κ2) is 6.75. The van der Waals surface area contributed by atoms with Crippen molar-refractivity contribution in [2.45, 2.75) is 12.6 Å². The van der Waals surface area contributed by atoms with Crippen LogP contribution < -0.4 is 0 Å². The average molecular weight is 352 g/mol. The molecule has 1 aliphatic rings. The van der Waals surface area contributed by atoms with E-state index in [1.807, 2.05) is 36.4 Å². The van der Waals surface area contributed by atoms with Gasteiger partial charge in [-0.25, -0.2) is 0 Å². The predicted molar refractivity (Wildman–Crippen MR) is 83.9 cm³/mol. The third-order valence-electron chi connectivity index (χ3n) is 3.71.